The van der Waals surface area contributed by atoms with E-state index in [-0.39, 0.29) is 10.3 Å². The fraction of sp³-hybridized carbons (Fsp3) is 0.333. The Bertz CT molecular complexity index is 1330. The number of aryl methyl sites for hydroxylation is 3. The number of hydrogen-bond acceptors (Lipinski definition) is 4. The van der Waals surface area contributed by atoms with E-state index in [4.69, 9.17) is 0 Å². The highest BCUT2D eigenvalue weighted by molar-refractivity contribution is 7.92. The van der Waals surface area contributed by atoms with E-state index >= 15 is 0 Å². The van der Waals surface area contributed by atoms with Crippen molar-refractivity contribution in [2.75, 3.05) is 4.72 Å². The van der Waals surface area contributed by atoms with Gasteiger partial charge in [-0.15, -0.1) is 0 Å². The third-order valence-corrected chi connectivity index (χ3v) is 6.49. The molecule has 29 heavy (non-hydrogen) atoms. The maximum absolute atomic E-state index is 12.9. The normalized spacial score (nSPS) is 12.3. The van der Waals surface area contributed by atoms with Gasteiger partial charge in [0.05, 0.1) is 21.6 Å². The van der Waals surface area contributed by atoms with E-state index in [1.807, 2.05) is 0 Å². The highest BCUT2D eigenvalue weighted by Crippen LogP contribution is 2.26. The zero-order chi connectivity index (χ0) is 21.7. The maximum atomic E-state index is 12.9. The maximum Gasteiger partial charge on any atom is 0.316 e. The molecular weight excluding hydrogens is 390 g/mol. The van der Waals surface area contributed by atoms with Crippen LogP contribution in [0.1, 0.15) is 31.9 Å². The van der Waals surface area contributed by atoms with E-state index in [0.717, 1.165) is 5.56 Å². The van der Waals surface area contributed by atoms with E-state index < -0.39 is 21.1 Å². The van der Waals surface area contributed by atoms with Gasteiger partial charge in [-0.25, -0.2) is 8.42 Å². The molecule has 0 spiro atoms. The summed E-state index contributed by atoms with van der Waals surface area (Å²) in [6, 6.07) is 10.0. The minimum atomic E-state index is -3.81. The number of aromatic nitrogens is 2. The first-order valence-corrected chi connectivity index (χ1v) is 10.6. The SMILES string of the molecule is Cc1cc2c(cc1NS(=O)(=O)c1ccc(C(C)(C)C)cc1)n(C)c(=O)c(=O)n2C. The third kappa shape index (κ3) is 3.72. The fourth-order valence-corrected chi connectivity index (χ4v) is 4.29. The van der Waals surface area contributed by atoms with Crippen molar-refractivity contribution >= 4 is 26.7 Å². The first-order valence-electron chi connectivity index (χ1n) is 9.16. The molecule has 1 aromatic heterocycles. The predicted octanol–water partition coefficient (Wildman–Crippen LogP) is 2.64. The van der Waals surface area contributed by atoms with Crippen molar-refractivity contribution in [1.82, 2.24) is 9.13 Å². The lowest BCUT2D eigenvalue weighted by Gasteiger charge is -2.19. The summed E-state index contributed by atoms with van der Waals surface area (Å²) in [5, 5.41) is 0. The molecule has 0 saturated carbocycles. The Hall–Kier alpha value is -2.87. The molecule has 0 aliphatic rings. The molecule has 0 amide bonds. The second kappa shape index (κ2) is 6.88. The third-order valence-electron chi connectivity index (χ3n) is 5.11. The fourth-order valence-electron chi connectivity index (χ4n) is 3.17. The summed E-state index contributed by atoms with van der Waals surface area (Å²) in [6.45, 7) is 7.93. The van der Waals surface area contributed by atoms with Gasteiger partial charge in [0.25, 0.3) is 10.0 Å². The van der Waals surface area contributed by atoms with Crippen LogP contribution in [0.5, 0.6) is 0 Å². The molecule has 0 aliphatic heterocycles. The van der Waals surface area contributed by atoms with Crippen LogP contribution in [0, 0.1) is 6.92 Å². The smallest absolute Gasteiger partial charge is 0.305 e. The van der Waals surface area contributed by atoms with Gasteiger partial charge < -0.3 is 9.13 Å². The Balaban J connectivity index is 2.08. The number of fused-ring (bicyclic) bond motifs is 1. The number of rotatable bonds is 3. The minimum Gasteiger partial charge on any atom is -0.305 e. The Morgan fingerprint density at radius 2 is 1.34 bits per heavy atom. The molecule has 2 aromatic carbocycles. The minimum absolute atomic E-state index is 0.0780. The van der Waals surface area contributed by atoms with Crippen LogP contribution in [0.25, 0.3) is 11.0 Å². The van der Waals surface area contributed by atoms with Crippen LogP contribution in [0.4, 0.5) is 5.69 Å². The number of nitrogens with zero attached hydrogens (tertiary/aromatic N) is 2. The molecule has 154 valence electrons. The van der Waals surface area contributed by atoms with Crippen molar-refractivity contribution in [2.24, 2.45) is 14.1 Å². The zero-order valence-electron chi connectivity index (χ0n) is 17.4. The molecule has 0 saturated heterocycles. The average Bonchev–Trinajstić information content (AvgIpc) is 2.65. The molecule has 0 aliphatic carbocycles. The van der Waals surface area contributed by atoms with Crippen molar-refractivity contribution in [3.8, 4) is 0 Å². The van der Waals surface area contributed by atoms with Gasteiger partial charge in [-0.3, -0.25) is 14.3 Å². The monoisotopic (exact) mass is 415 g/mol. The molecule has 1 N–H and O–H groups in total. The summed E-state index contributed by atoms with van der Waals surface area (Å²) in [5.74, 6) is 0. The van der Waals surface area contributed by atoms with Gasteiger partial charge in [0, 0.05) is 14.1 Å². The number of sulfonamides is 1. The molecule has 0 fully saturated rings. The lowest BCUT2D eigenvalue weighted by Crippen LogP contribution is -2.39. The Morgan fingerprint density at radius 1 is 0.862 bits per heavy atom. The van der Waals surface area contributed by atoms with E-state index in [9.17, 15) is 18.0 Å². The van der Waals surface area contributed by atoms with E-state index in [1.165, 1.54) is 23.2 Å². The van der Waals surface area contributed by atoms with Crippen LogP contribution in [-0.2, 0) is 29.5 Å². The second-order valence-corrected chi connectivity index (χ2v) is 9.95. The van der Waals surface area contributed by atoms with Crippen LogP contribution >= 0.6 is 0 Å². The van der Waals surface area contributed by atoms with Crippen LogP contribution < -0.4 is 15.8 Å². The molecule has 0 radical (unpaired) electrons. The second-order valence-electron chi connectivity index (χ2n) is 8.26. The van der Waals surface area contributed by atoms with E-state index in [2.05, 4.69) is 25.5 Å². The van der Waals surface area contributed by atoms with Gasteiger partial charge >= 0.3 is 11.1 Å². The van der Waals surface area contributed by atoms with Gasteiger partial charge in [-0.2, -0.15) is 0 Å². The van der Waals surface area contributed by atoms with Gasteiger partial charge in [0.1, 0.15) is 0 Å². The number of anilines is 1. The van der Waals surface area contributed by atoms with E-state index in [0.29, 0.717) is 22.3 Å². The molecule has 7 nitrogen and oxygen atoms in total. The van der Waals surface area contributed by atoms with Crippen molar-refractivity contribution in [1.29, 1.82) is 0 Å². The van der Waals surface area contributed by atoms with Crippen molar-refractivity contribution < 1.29 is 8.42 Å². The molecule has 8 heteroatoms. The van der Waals surface area contributed by atoms with Crippen LogP contribution in [0.3, 0.4) is 0 Å². The summed E-state index contributed by atoms with van der Waals surface area (Å²) < 4.78 is 30.9. The van der Waals surface area contributed by atoms with Crippen LogP contribution in [0.2, 0.25) is 0 Å². The van der Waals surface area contributed by atoms with Gasteiger partial charge in [0.15, 0.2) is 0 Å². The molecule has 3 rings (SSSR count). The van der Waals surface area contributed by atoms with Crippen molar-refractivity contribution in [3.05, 3.63) is 68.2 Å². The number of benzene rings is 2. The highest BCUT2D eigenvalue weighted by Gasteiger charge is 2.19. The van der Waals surface area contributed by atoms with Crippen molar-refractivity contribution in [3.63, 3.8) is 0 Å². The average molecular weight is 416 g/mol. The van der Waals surface area contributed by atoms with Gasteiger partial charge in [-0.05, 0) is 47.7 Å². The highest BCUT2D eigenvalue weighted by atomic mass is 32.2. The Labute approximate surface area is 169 Å². The first kappa shape index (κ1) is 20.9. The quantitative estimate of drug-likeness (QED) is 0.666. The number of hydrogen-bond donors (Lipinski definition) is 1. The van der Waals surface area contributed by atoms with Gasteiger partial charge in [-0.1, -0.05) is 32.9 Å². The standard InChI is InChI=1S/C21H25N3O4S/c1-13-11-17-18(24(6)20(26)19(25)23(17)5)12-16(13)22-29(27,28)15-9-7-14(8-10-15)21(2,3)4/h7-12,22H,1-6H3. The van der Waals surface area contributed by atoms with E-state index in [1.54, 1.807) is 43.3 Å². The van der Waals surface area contributed by atoms with Crippen molar-refractivity contribution in [2.45, 2.75) is 38.0 Å². The van der Waals surface area contributed by atoms with Crippen LogP contribution in [0.15, 0.2) is 50.9 Å². The summed E-state index contributed by atoms with van der Waals surface area (Å²) in [6.07, 6.45) is 0. The summed E-state index contributed by atoms with van der Waals surface area (Å²) >= 11 is 0. The summed E-state index contributed by atoms with van der Waals surface area (Å²) in [7, 11) is -0.803. The molecule has 3 aromatic rings. The summed E-state index contributed by atoms with van der Waals surface area (Å²) in [5.41, 5.74) is 1.66. The number of nitrogens with one attached hydrogen (secondary N) is 1. The Morgan fingerprint density at radius 3 is 1.83 bits per heavy atom. The topological polar surface area (TPSA) is 90.2 Å². The van der Waals surface area contributed by atoms with Crippen LogP contribution in [-0.4, -0.2) is 17.6 Å². The lowest BCUT2D eigenvalue weighted by atomic mass is 9.87. The molecule has 0 atom stereocenters. The molecule has 1 heterocycles. The molecule has 0 bridgehead atoms. The lowest BCUT2D eigenvalue weighted by molar-refractivity contribution is 0.587. The summed E-state index contributed by atoms with van der Waals surface area (Å²) in [4.78, 5) is 24.3. The van der Waals surface area contributed by atoms with Gasteiger partial charge in [0.2, 0.25) is 0 Å². The molecule has 0 unspecified atom stereocenters. The predicted molar refractivity (Wildman–Crippen MR) is 115 cm³/mol. The Kier molecular flexibility index (Phi) is 4.94. The zero-order valence-corrected chi connectivity index (χ0v) is 18.2. The largest absolute Gasteiger partial charge is 0.316 e. The molecular formula is C21H25N3O4S. The first-order chi connectivity index (χ1) is 13.3.